The Morgan fingerprint density at radius 3 is 2.52 bits per heavy atom. The van der Waals surface area contributed by atoms with Crippen molar-refractivity contribution in [2.75, 3.05) is 13.1 Å². The predicted molar refractivity (Wildman–Crippen MR) is 77.2 cm³/mol. The van der Waals surface area contributed by atoms with Gasteiger partial charge in [-0.05, 0) is 26.2 Å². The third-order valence-corrected chi connectivity index (χ3v) is 4.13. The second-order valence-corrected chi connectivity index (χ2v) is 5.82. The Morgan fingerprint density at radius 1 is 1.24 bits per heavy atom. The molecule has 7 heteroatoms. The van der Waals surface area contributed by atoms with Crippen LogP contribution in [-0.4, -0.2) is 53.8 Å². The Balaban J connectivity index is 1.98. The molecular formula is C14H24N4O3. The minimum absolute atomic E-state index is 0.0839. The number of rotatable bonds is 3. The van der Waals surface area contributed by atoms with Crippen LogP contribution in [0.15, 0.2) is 0 Å². The Morgan fingerprint density at radius 2 is 1.90 bits per heavy atom. The molecule has 7 nitrogen and oxygen atoms in total. The zero-order valence-electron chi connectivity index (χ0n) is 12.4. The molecule has 2 atom stereocenters. The summed E-state index contributed by atoms with van der Waals surface area (Å²) in [5.74, 6) is -1.51. The van der Waals surface area contributed by atoms with E-state index < -0.39 is 17.9 Å². The molecule has 0 unspecified atom stereocenters. The molecule has 1 saturated heterocycles. The van der Waals surface area contributed by atoms with E-state index in [4.69, 9.17) is 5.73 Å². The maximum Gasteiger partial charge on any atom is 0.312 e. The fraction of sp³-hybridized carbons (Fsp3) is 0.786. The van der Waals surface area contributed by atoms with E-state index in [9.17, 15) is 14.4 Å². The molecule has 0 aromatic rings. The van der Waals surface area contributed by atoms with Crippen molar-refractivity contribution in [3.05, 3.63) is 0 Å². The number of likely N-dealkylation sites (tertiary alicyclic amines) is 1. The van der Waals surface area contributed by atoms with Gasteiger partial charge in [-0.25, -0.2) is 0 Å². The first-order valence-electron chi connectivity index (χ1n) is 7.67. The molecule has 0 aromatic carbocycles. The Labute approximate surface area is 124 Å². The van der Waals surface area contributed by atoms with Gasteiger partial charge in [0.2, 0.25) is 5.91 Å². The van der Waals surface area contributed by atoms with Crippen LogP contribution in [-0.2, 0) is 14.4 Å². The van der Waals surface area contributed by atoms with E-state index in [1.807, 2.05) is 6.92 Å². The van der Waals surface area contributed by atoms with Gasteiger partial charge < -0.3 is 21.3 Å². The molecule has 0 bridgehead atoms. The molecule has 0 radical (unpaired) electrons. The van der Waals surface area contributed by atoms with Crippen molar-refractivity contribution in [3.8, 4) is 0 Å². The van der Waals surface area contributed by atoms with E-state index in [-0.39, 0.29) is 24.5 Å². The van der Waals surface area contributed by atoms with E-state index >= 15 is 0 Å². The summed E-state index contributed by atoms with van der Waals surface area (Å²) in [5.41, 5.74) is 5.85. The largest absolute Gasteiger partial charge is 0.355 e. The maximum absolute atomic E-state index is 12.3. The predicted octanol–water partition coefficient (Wildman–Crippen LogP) is -0.890. The normalized spacial score (nSPS) is 25.9. The van der Waals surface area contributed by atoms with Gasteiger partial charge in [0.25, 0.3) is 0 Å². The number of carbonyl (C=O) groups is 3. The minimum atomic E-state index is -0.647. The third kappa shape index (κ3) is 3.72. The summed E-state index contributed by atoms with van der Waals surface area (Å²) in [6.45, 7) is 2.55. The summed E-state index contributed by atoms with van der Waals surface area (Å²) in [6, 6.07) is -0.816. The molecule has 118 valence electrons. The molecule has 1 heterocycles. The van der Waals surface area contributed by atoms with Crippen LogP contribution in [0.5, 0.6) is 0 Å². The standard InChI is InChI=1S/C14H24N4O3/c1-2-16-12(19)11-7-9(15)8-18(11)14(21)13(20)17-10-5-3-4-6-10/h9-11H,2-8,15H2,1H3,(H,16,19)(H,17,20)/t9-,11+/m1/s1. The number of amides is 3. The van der Waals surface area contributed by atoms with Gasteiger partial charge in [-0.3, -0.25) is 14.4 Å². The van der Waals surface area contributed by atoms with E-state index in [2.05, 4.69) is 10.6 Å². The molecule has 0 aromatic heterocycles. The van der Waals surface area contributed by atoms with Crippen LogP contribution in [0.25, 0.3) is 0 Å². The number of hydrogen-bond donors (Lipinski definition) is 3. The molecular weight excluding hydrogens is 272 g/mol. The molecule has 2 rings (SSSR count). The summed E-state index contributed by atoms with van der Waals surface area (Å²) in [4.78, 5) is 37.6. The highest BCUT2D eigenvalue weighted by Crippen LogP contribution is 2.19. The number of hydrogen-bond acceptors (Lipinski definition) is 4. The monoisotopic (exact) mass is 296 g/mol. The first-order chi connectivity index (χ1) is 10.0. The molecule has 21 heavy (non-hydrogen) atoms. The molecule has 1 aliphatic heterocycles. The van der Waals surface area contributed by atoms with Crippen LogP contribution >= 0.6 is 0 Å². The highest BCUT2D eigenvalue weighted by atomic mass is 16.2. The lowest BCUT2D eigenvalue weighted by Gasteiger charge is -2.23. The van der Waals surface area contributed by atoms with Crippen LogP contribution < -0.4 is 16.4 Å². The van der Waals surface area contributed by atoms with Gasteiger partial charge in [0, 0.05) is 25.2 Å². The van der Waals surface area contributed by atoms with Gasteiger partial charge in [0.15, 0.2) is 0 Å². The van der Waals surface area contributed by atoms with E-state index in [0.29, 0.717) is 13.0 Å². The molecule has 1 aliphatic carbocycles. The Kier molecular flexibility index (Phi) is 5.17. The van der Waals surface area contributed by atoms with Gasteiger partial charge in [0.05, 0.1) is 0 Å². The molecule has 0 spiro atoms. The minimum Gasteiger partial charge on any atom is -0.355 e. The number of nitrogens with zero attached hydrogens (tertiary/aromatic N) is 1. The van der Waals surface area contributed by atoms with Crippen LogP contribution in [0.3, 0.4) is 0 Å². The molecule has 3 amide bonds. The fourth-order valence-electron chi connectivity index (χ4n) is 3.08. The van der Waals surface area contributed by atoms with Crippen molar-refractivity contribution >= 4 is 17.7 Å². The average Bonchev–Trinajstić information content (AvgIpc) is 3.07. The van der Waals surface area contributed by atoms with Crippen molar-refractivity contribution in [2.24, 2.45) is 5.73 Å². The first kappa shape index (κ1) is 15.8. The number of likely N-dealkylation sites (N-methyl/N-ethyl adjacent to an activating group) is 1. The fourth-order valence-corrected chi connectivity index (χ4v) is 3.08. The summed E-state index contributed by atoms with van der Waals surface area (Å²) in [6.07, 6.45) is 4.38. The van der Waals surface area contributed by atoms with Crippen molar-refractivity contribution in [1.29, 1.82) is 0 Å². The second-order valence-electron chi connectivity index (χ2n) is 5.82. The Hall–Kier alpha value is -1.63. The molecule has 1 saturated carbocycles. The number of nitrogens with one attached hydrogen (secondary N) is 2. The summed E-state index contributed by atoms with van der Waals surface area (Å²) in [5, 5.41) is 5.44. The molecule has 2 aliphatic rings. The highest BCUT2D eigenvalue weighted by Gasteiger charge is 2.40. The lowest BCUT2D eigenvalue weighted by Crippen LogP contribution is -2.51. The number of nitrogens with two attached hydrogens (primary N) is 1. The van der Waals surface area contributed by atoms with Gasteiger partial charge in [-0.1, -0.05) is 12.8 Å². The van der Waals surface area contributed by atoms with E-state index in [0.717, 1.165) is 25.7 Å². The van der Waals surface area contributed by atoms with Crippen LogP contribution in [0.2, 0.25) is 0 Å². The lowest BCUT2D eigenvalue weighted by molar-refractivity contribution is -0.148. The maximum atomic E-state index is 12.3. The summed E-state index contributed by atoms with van der Waals surface area (Å²) >= 11 is 0. The summed E-state index contributed by atoms with van der Waals surface area (Å²) in [7, 11) is 0. The van der Waals surface area contributed by atoms with E-state index in [1.54, 1.807) is 0 Å². The number of carbonyl (C=O) groups excluding carboxylic acids is 3. The Bertz CT molecular complexity index is 420. The third-order valence-electron chi connectivity index (χ3n) is 4.13. The smallest absolute Gasteiger partial charge is 0.312 e. The average molecular weight is 296 g/mol. The van der Waals surface area contributed by atoms with Crippen LogP contribution in [0, 0.1) is 0 Å². The first-order valence-corrected chi connectivity index (χ1v) is 7.67. The quantitative estimate of drug-likeness (QED) is 0.588. The van der Waals surface area contributed by atoms with Gasteiger partial charge in [0.1, 0.15) is 6.04 Å². The van der Waals surface area contributed by atoms with Crippen LogP contribution in [0.1, 0.15) is 39.0 Å². The van der Waals surface area contributed by atoms with Crippen molar-refractivity contribution < 1.29 is 14.4 Å². The van der Waals surface area contributed by atoms with Gasteiger partial charge >= 0.3 is 11.8 Å². The summed E-state index contributed by atoms with van der Waals surface area (Å²) < 4.78 is 0. The molecule has 2 fully saturated rings. The van der Waals surface area contributed by atoms with Gasteiger partial charge in [-0.15, -0.1) is 0 Å². The zero-order chi connectivity index (χ0) is 15.4. The SMILES string of the molecule is CCNC(=O)[C@@H]1C[C@@H](N)CN1C(=O)C(=O)NC1CCCC1. The second kappa shape index (κ2) is 6.89. The molecule has 4 N–H and O–H groups in total. The van der Waals surface area contributed by atoms with Crippen molar-refractivity contribution in [3.63, 3.8) is 0 Å². The van der Waals surface area contributed by atoms with Gasteiger partial charge in [-0.2, -0.15) is 0 Å². The van der Waals surface area contributed by atoms with Crippen molar-refractivity contribution in [2.45, 2.75) is 57.2 Å². The van der Waals surface area contributed by atoms with Crippen molar-refractivity contribution in [1.82, 2.24) is 15.5 Å². The van der Waals surface area contributed by atoms with Crippen LogP contribution in [0.4, 0.5) is 0 Å². The zero-order valence-corrected chi connectivity index (χ0v) is 12.4. The lowest BCUT2D eigenvalue weighted by atomic mass is 10.1. The highest BCUT2D eigenvalue weighted by molar-refractivity contribution is 6.35. The van der Waals surface area contributed by atoms with E-state index in [1.165, 1.54) is 4.90 Å². The topological polar surface area (TPSA) is 105 Å².